The van der Waals surface area contributed by atoms with Crippen LogP contribution in [0.3, 0.4) is 0 Å². The molecule has 2 N–H and O–H groups in total. The minimum Gasteiger partial charge on any atom is -0.355 e. The van der Waals surface area contributed by atoms with E-state index in [2.05, 4.69) is 10.3 Å². The third-order valence-corrected chi connectivity index (χ3v) is 2.22. The molecule has 0 saturated carbocycles. The molecule has 15 heavy (non-hydrogen) atoms. The lowest BCUT2D eigenvalue weighted by Gasteiger charge is -2.03. The smallest absolute Gasteiger partial charge is 0.251 e. The Hall–Kier alpha value is -2.10. The van der Waals surface area contributed by atoms with Gasteiger partial charge < -0.3 is 10.3 Å². The summed E-state index contributed by atoms with van der Waals surface area (Å²) in [5, 5.41) is 3.26. The van der Waals surface area contributed by atoms with Crippen LogP contribution in [-0.2, 0) is 0 Å². The molecule has 1 heterocycles. The summed E-state index contributed by atoms with van der Waals surface area (Å²) in [6.45, 7) is 0. The number of amides is 1. The van der Waals surface area contributed by atoms with Crippen LogP contribution < -0.4 is 10.9 Å². The molecule has 0 bridgehead atoms. The van der Waals surface area contributed by atoms with Gasteiger partial charge in [-0.1, -0.05) is 18.2 Å². The second kappa shape index (κ2) is 3.57. The summed E-state index contributed by atoms with van der Waals surface area (Å²) in [4.78, 5) is 25.5. The number of benzene rings is 1. The van der Waals surface area contributed by atoms with E-state index >= 15 is 0 Å². The van der Waals surface area contributed by atoms with Gasteiger partial charge in [-0.05, 0) is 6.07 Å². The first kappa shape index (κ1) is 9.45. The van der Waals surface area contributed by atoms with Crippen molar-refractivity contribution in [2.45, 2.75) is 0 Å². The number of aromatic amines is 1. The standard InChI is InChI=1S/C11H10N2O2/c1-12-11(15)8-6-10(14)13-9-5-3-2-4-7(8)9/h2-6H,1H3,(H,12,15)(H,13,14). The summed E-state index contributed by atoms with van der Waals surface area (Å²) in [7, 11) is 1.54. The fraction of sp³-hybridized carbons (Fsp3) is 0.0909. The molecule has 0 fully saturated rings. The lowest BCUT2D eigenvalue weighted by molar-refractivity contribution is 0.0964. The van der Waals surface area contributed by atoms with Crippen molar-refractivity contribution in [2.75, 3.05) is 7.05 Å². The van der Waals surface area contributed by atoms with Crippen molar-refractivity contribution < 1.29 is 4.79 Å². The number of aromatic nitrogens is 1. The molecule has 2 rings (SSSR count). The first-order valence-electron chi connectivity index (χ1n) is 4.56. The molecule has 4 heteroatoms. The van der Waals surface area contributed by atoms with Crippen molar-refractivity contribution >= 4 is 16.8 Å². The zero-order valence-corrected chi connectivity index (χ0v) is 8.20. The molecule has 2 aromatic rings. The van der Waals surface area contributed by atoms with Crippen LogP contribution in [0.25, 0.3) is 10.9 Å². The zero-order valence-electron chi connectivity index (χ0n) is 8.20. The van der Waals surface area contributed by atoms with E-state index in [1.165, 1.54) is 13.1 Å². The van der Waals surface area contributed by atoms with E-state index in [1.807, 2.05) is 12.1 Å². The van der Waals surface area contributed by atoms with Crippen molar-refractivity contribution in [3.8, 4) is 0 Å². The number of H-pyrrole nitrogens is 1. The summed E-state index contributed by atoms with van der Waals surface area (Å²) in [5.41, 5.74) is 0.799. The molecule has 0 spiro atoms. The van der Waals surface area contributed by atoms with E-state index < -0.39 is 0 Å². The number of rotatable bonds is 1. The van der Waals surface area contributed by atoms with Gasteiger partial charge in [0.2, 0.25) is 5.56 Å². The molecule has 0 unspecified atom stereocenters. The van der Waals surface area contributed by atoms with Crippen LogP contribution in [-0.4, -0.2) is 17.9 Å². The van der Waals surface area contributed by atoms with Crippen LogP contribution in [0.5, 0.6) is 0 Å². The molecule has 1 aromatic heterocycles. The van der Waals surface area contributed by atoms with Crippen molar-refractivity contribution in [3.05, 3.63) is 46.2 Å². The second-order valence-corrected chi connectivity index (χ2v) is 3.17. The molecular formula is C11H10N2O2. The summed E-state index contributed by atoms with van der Waals surface area (Å²) >= 11 is 0. The highest BCUT2D eigenvalue weighted by Crippen LogP contribution is 2.13. The van der Waals surface area contributed by atoms with Crippen LogP contribution in [0.2, 0.25) is 0 Å². The number of nitrogens with one attached hydrogen (secondary N) is 2. The van der Waals surface area contributed by atoms with Gasteiger partial charge in [-0.15, -0.1) is 0 Å². The molecule has 0 radical (unpaired) electrons. The van der Waals surface area contributed by atoms with E-state index in [9.17, 15) is 9.59 Å². The van der Waals surface area contributed by atoms with Crippen LogP contribution >= 0.6 is 0 Å². The van der Waals surface area contributed by atoms with E-state index in [4.69, 9.17) is 0 Å². The maximum atomic E-state index is 11.5. The van der Waals surface area contributed by atoms with Crippen LogP contribution in [0.15, 0.2) is 35.1 Å². The molecular weight excluding hydrogens is 192 g/mol. The summed E-state index contributed by atoms with van der Waals surface area (Å²) in [6, 6.07) is 8.51. The van der Waals surface area contributed by atoms with Crippen LogP contribution in [0.1, 0.15) is 10.4 Å². The summed E-state index contributed by atoms with van der Waals surface area (Å²) < 4.78 is 0. The van der Waals surface area contributed by atoms with Crippen molar-refractivity contribution in [1.29, 1.82) is 0 Å². The van der Waals surface area contributed by atoms with Gasteiger partial charge in [-0.3, -0.25) is 9.59 Å². The number of para-hydroxylation sites is 1. The molecule has 4 nitrogen and oxygen atoms in total. The number of fused-ring (bicyclic) bond motifs is 1. The number of carbonyl (C=O) groups excluding carboxylic acids is 1. The molecule has 0 atom stereocenters. The average Bonchev–Trinajstić information content (AvgIpc) is 2.26. The first-order valence-corrected chi connectivity index (χ1v) is 4.56. The quantitative estimate of drug-likeness (QED) is 0.721. The Bertz CT molecular complexity index is 572. The predicted octanol–water partition coefficient (Wildman–Crippen LogP) is 0.888. The highest BCUT2D eigenvalue weighted by atomic mass is 16.1. The third-order valence-electron chi connectivity index (χ3n) is 2.22. The van der Waals surface area contributed by atoms with Gasteiger partial charge in [0.1, 0.15) is 0 Å². The normalized spacial score (nSPS) is 10.2. The third kappa shape index (κ3) is 1.61. The van der Waals surface area contributed by atoms with E-state index in [0.29, 0.717) is 11.1 Å². The zero-order chi connectivity index (χ0) is 10.8. The SMILES string of the molecule is CNC(=O)c1cc(=O)[nH]c2ccccc12. The van der Waals surface area contributed by atoms with Gasteiger partial charge >= 0.3 is 0 Å². The topological polar surface area (TPSA) is 62.0 Å². The average molecular weight is 202 g/mol. The van der Waals surface area contributed by atoms with Crippen molar-refractivity contribution in [3.63, 3.8) is 0 Å². The lowest BCUT2D eigenvalue weighted by atomic mass is 10.1. The fourth-order valence-electron chi connectivity index (χ4n) is 1.53. The Morgan fingerprint density at radius 2 is 2.07 bits per heavy atom. The highest BCUT2D eigenvalue weighted by molar-refractivity contribution is 6.05. The molecule has 76 valence electrons. The highest BCUT2D eigenvalue weighted by Gasteiger charge is 2.08. The van der Waals surface area contributed by atoms with Crippen LogP contribution in [0.4, 0.5) is 0 Å². The predicted molar refractivity (Wildman–Crippen MR) is 58.0 cm³/mol. The molecule has 1 amide bonds. The Balaban J connectivity index is 2.82. The van der Waals surface area contributed by atoms with Crippen molar-refractivity contribution in [2.24, 2.45) is 0 Å². The number of hydrogen-bond donors (Lipinski definition) is 2. The first-order chi connectivity index (χ1) is 7.22. The van der Waals surface area contributed by atoms with Gasteiger partial charge in [0, 0.05) is 24.0 Å². The number of hydrogen-bond acceptors (Lipinski definition) is 2. The van der Waals surface area contributed by atoms with Gasteiger partial charge in [-0.2, -0.15) is 0 Å². The second-order valence-electron chi connectivity index (χ2n) is 3.17. The Labute approximate surface area is 85.9 Å². The molecule has 1 aromatic carbocycles. The maximum absolute atomic E-state index is 11.5. The number of pyridine rings is 1. The fourth-order valence-corrected chi connectivity index (χ4v) is 1.53. The summed E-state index contributed by atoms with van der Waals surface area (Å²) in [6.07, 6.45) is 0. The molecule has 0 aliphatic rings. The van der Waals surface area contributed by atoms with Crippen molar-refractivity contribution in [1.82, 2.24) is 10.3 Å². The van der Waals surface area contributed by atoms with E-state index in [0.717, 1.165) is 5.39 Å². The largest absolute Gasteiger partial charge is 0.355 e. The van der Waals surface area contributed by atoms with Gasteiger partial charge in [-0.25, -0.2) is 0 Å². The minimum atomic E-state index is -0.271. The van der Waals surface area contributed by atoms with Gasteiger partial charge in [0.25, 0.3) is 5.91 Å². The van der Waals surface area contributed by atoms with Gasteiger partial charge in [0.05, 0.1) is 5.56 Å². The maximum Gasteiger partial charge on any atom is 0.251 e. The van der Waals surface area contributed by atoms with Crippen LogP contribution in [0, 0.1) is 0 Å². The Kier molecular flexibility index (Phi) is 2.25. The monoisotopic (exact) mass is 202 g/mol. The Morgan fingerprint density at radius 3 is 2.80 bits per heavy atom. The minimum absolute atomic E-state index is 0.253. The van der Waals surface area contributed by atoms with Gasteiger partial charge in [0.15, 0.2) is 0 Å². The molecule has 0 saturated heterocycles. The van der Waals surface area contributed by atoms with E-state index in [-0.39, 0.29) is 11.5 Å². The number of carbonyl (C=O) groups is 1. The summed E-state index contributed by atoms with van der Waals surface area (Å²) in [5.74, 6) is -0.253. The molecule has 0 aliphatic heterocycles. The lowest BCUT2D eigenvalue weighted by Crippen LogP contribution is -2.20. The Morgan fingerprint density at radius 1 is 1.33 bits per heavy atom. The van der Waals surface area contributed by atoms with E-state index in [1.54, 1.807) is 12.1 Å². The molecule has 0 aliphatic carbocycles.